The Hall–Kier alpha value is -0.0800. The second-order valence-electron chi connectivity index (χ2n) is 6.15. The first-order chi connectivity index (χ1) is 7.92. The van der Waals surface area contributed by atoms with Crippen molar-refractivity contribution in [2.75, 3.05) is 26.2 Å². The van der Waals surface area contributed by atoms with Crippen LogP contribution in [0.2, 0.25) is 0 Å². The number of fused-ring (bicyclic) bond motifs is 1. The molecule has 1 saturated carbocycles. The topological polar surface area (TPSA) is 15.3 Å². The SMILES string of the molecule is C1CCC2CN(C[C@@H]3CCCN3)CCC2C1. The molecule has 2 heteroatoms. The molecule has 2 heterocycles. The summed E-state index contributed by atoms with van der Waals surface area (Å²) < 4.78 is 0. The van der Waals surface area contributed by atoms with Crippen molar-refractivity contribution < 1.29 is 0 Å². The highest BCUT2D eigenvalue weighted by atomic mass is 15.2. The summed E-state index contributed by atoms with van der Waals surface area (Å²) in [7, 11) is 0. The van der Waals surface area contributed by atoms with Gasteiger partial charge in [-0.05, 0) is 50.6 Å². The number of hydrogen-bond acceptors (Lipinski definition) is 2. The first kappa shape index (κ1) is 11.0. The molecule has 0 radical (unpaired) electrons. The number of nitrogens with zero attached hydrogens (tertiary/aromatic N) is 1. The van der Waals surface area contributed by atoms with Crippen molar-refractivity contribution in [1.29, 1.82) is 0 Å². The van der Waals surface area contributed by atoms with Gasteiger partial charge in [-0.15, -0.1) is 0 Å². The molecule has 16 heavy (non-hydrogen) atoms. The lowest BCUT2D eigenvalue weighted by Crippen LogP contribution is -2.46. The van der Waals surface area contributed by atoms with Crippen LogP contribution in [-0.4, -0.2) is 37.1 Å². The fourth-order valence-corrected chi connectivity index (χ4v) is 4.07. The Labute approximate surface area is 99.8 Å². The number of hydrogen-bond donors (Lipinski definition) is 1. The van der Waals surface area contributed by atoms with Crippen LogP contribution in [0, 0.1) is 11.8 Å². The highest BCUT2D eigenvalue weighted by Gasteiger charge is 2.31. The van der Waals surface area contributed by atoms with Crippen LogP contribution < -0.4 is 5.32 Å². The molecule has 3 atom stereocenters. The molecule has 1 aliphatic carbocycles. The van der Waals surface area contributed by atoms with Gasteiger partial charge in [0.15, 0.2) is 0 Å². The molecule has 0 bridgehead atoms. The van der Waals surface area contributed by atoms with E-state index in [1.807, 2.05) is 0 Å². The van der Waals surface area contributed by atoms with Crippen molar-refractivity contribution in [1.82, 2.24) is 10.2 Å². The van der Waals surface area contributed by atoms with Gasteiger partial charge in [0.25, 0.3) is 0 Å². The molecule has 0 aromatic rings. The minimum Gasteiger partial charge on any atom is -0.313 e. The van der Waals surface area contributed by atoms with Crippen molar-refractivity contribution in [2.24, 2.45) is 11.8 Å². The van der Waals surface area contributed by atoms with Crippen LogP contribution >= 0.6 is 0 Å². The van der Waals surface area contributed by atoms with Crippen molar-refractivity contribution in [3.63, 3.8) is 0 Å². The van der Waals surface area contributed by atoms with E-state index in [1.54, 1.807) is 0 Å². The highest BCUT2D eigenvalue weighted by Crippen LogP contribution is 2.36. The lowest BCUT2D eigenvalue weighted by Gasteiger charge is -2.42. The van der Waals surface area contributed by atoms with Crippen LogP contribution in [0.15, 0.2) is 0 Å². The summed E-state index contributed by atoms with van der Waals surface area (Å²) in [5, 5.41) is 3.63. The van der Waals surface area contributed by atoms with Gasteiger partial charge in [0.2, 0.25) is 0 Å². The maximum absolute atomic E-state index is 3.63. The molecule has 3 rings (SSSR count). The number of likely N-dealkylation sites (tertiary alicyclic amines) is 1. The quantitative estimate of drug-likeness (QED) is 0.771. The summed E-state index contributed by atoms with van der Waals surface area (Å²) >= 11 is 0. The van der Waals surface area contributed by atoms with Gasteiger partial charge in [-0.1, -0.05) is 19.3 Å². The maximum Gasteiger partial charge on any atom is 0.0195 e. The summed E-state index contributed by atoms with van der Waals surface area (Å²) in [5.74, 6) is 2.13. The maximum atomic E-state index is 3.63. The Morgan fingerprint density at radius 3 is 2.62 bits per heavy atom. The van der Waals surface area contributed by atoms with Crippen LogP contribution in [-0.2, 0) is 0 Å². The van der Waals surface area contributed by atoms with Gasteiger partial charge in [-0.2, -0.15) is 0 Å². The molecule has 3 fully saturated rings. The van der Waals surface area contributed by atoms with Crippen LogP contribution in [0.4, 0.5) is 0 Å². The average Bonchev–Trinajstić information content (AvgIpc) is 2.82. The molecular formula is C14H26N2. The Kier molecular flexibility index (Phi) is 3.49. The first-order valence-electron chi connectivity index (χ1n) is 7.37. The Balaban J connectivity index is 1.50. The van der Waals surface area contributed by atoms with Gasteiger partial charge in [-0.3, -0.25) is 0 Å². The molecule has 1 N–H and O–H groups in total. The molecule has 2 unspecified atom stereocenters. The number of piperidine rings is 1. The molecule has 0 aromatic heterocycles. The van der Waals surface area contributed by atoms with E-state index in [9.17, 15) is 0 Å². The molecule has 0 aromatic carbocycles. The summed E-state index contributed by atoms with van der Waals surface area (Å²) in [6, 6.07) is 0.806. The second kappa shape index (κ2) is 5.05. The van der Waals surface area contributed by atoms with Crippen LogP contribution in [0.5, 0.6) is 0 Å². The monoisotopic (exact) mass is 222 g/mol. The van der Waals surface area contributed by atoms with E-state index >= 15 is 0 Å². The smallest absolute Gasteiger partial charge is 0.0195 e. The Bertz CT molecular complexity index is 223. The van der Waals surface area contributed by atoms with E-state index in [1.165, 1.54) is 71.1 Å². The summed E-state index contributed by atoms with van der Waals surface area (Å²) in [6.07, 6.45) is 10.3. The third-order valence-corrected chi connectivity index (χ3v) is 5.02. The number of nitrogens with one attached hydrogen (secondary N) is 1. The minimum atomic E-state index is 0.806. The summed E-state index contributed by atoms with van der Waals surface area (Å²) in [5.41, 5.74) is 0. The van der Waals surface area contributed by atoms with Gasteiger partial charge in [0, 0.05) is 19.1 Å². The van der Waals surface area contributed by atoms with E-state index < -0.39 is 0 Å². The fourth-order valence-electron chi connectivity index (χ4n) is 4.07. The summed E-state index contributed by atoms with van der Waals surface area (Å²) in [4.78, 5) is 2.75. The lowest BCUT2D eigenvalue weighted by atomic mass is 9.75. The summed E-state index contributed by atoms with van der Waals surface area (Å²) in [6.45, 7) is 5.36. The van der Waals surface area contributed by atoms with Crippen molar-refractivity contribution in [3.8, 4) is 0 Å². The first-order valence-corrected chi connectivity index (χ1v) is 7.37. The molecule has 2 saturated heterocycles. The molecule has 0 amide bonds. The standard InChI is InChI=1S/C14H26N2/c1-2-5-13-10-16(9-7-12(13)4-1)11-14-6-3-8-15-14/h12-15H,1-11H2/t12?,13?,14-/m0/s1. The van der Waals surface area contributed by atoms with Crippen molar-refractivity contribution >= 4 is 0 Å². The predicted octanol–water partition coefficient (Wildman–Crippen LogP) is 2.25. The van der Waals surface area contributed by atoms with Gasteiger partial charge < -0.3 is 10.2 Å². The van der Waals surface area contributed by atoms with E-state index in [-0.39, 0.29) is 0 Å². The molecule has 92 valence electrons. The van der Waals surface area contributed by atoms with Crippen LogP contribution in [0.1, 0.15) is 44.9 Å². The fraction of sp³-hybridized carbons (Fsp3) is 1.00. The van der Waals surface area contributed by atoms with E-state index in [4.69, 9.17) is 0 Å². The van der Waals surface area contributed by atoms with E-state index in [0.29, 0.717) is 0 Å². The molecule has 0 spiro atoms. The normalized spacial score (nSPS) is 40.9. The Morgan fingerprint density at radius 1 is 0.938 bits per heavy atom. The van der Waals surface area contributed by atoms with Crippen molar-refractivity contribution in [2.45, 2.75) is 51.0 Å². The molecule has 2 aliphatic heterocycles. The zero-order chi connectivity index (χ0) is 10.8. The minimum absolute atomic E-state index is 0.806. The lowest BCUT2D eigenvalue weighted by molar-refractivity contribution is 0.0814. The third-order valence-electron chi connectivity index (χ3n) is 5.02. The van der Waals surface area contributed by atoms with E-state index in [0.717, 1.165) is 17.9 Å². The molecule has 3 aliphatic rings. The highest BCUT2D eigenvalue weighted by molar-refractivity contribution is 4.86. The molecular weight excluding hydrogens is 196 g/mol. The second-order valence-corrected chi connectivity index (χ2v) is 6.15. The average molecular weight is 222 g/mol. The van der Waals surface area contributed by atoms with Gasteiger partial charge >= 0.3 is 0 Å². The van der Waals surface area contributed by atoms with Crippen LogP contribution in [0.25, 0.3) is 0 Å². The Morgan fingerprint density at radius 2 is 1.81 bits per heavy atom. The van der Waals surface area contributed by atoms with Crippen LogP contribution in [0.3, 0.4) is 0 Å². The zero-order valence-electron chi connectivity index (χ0n) is 10.5. The van der Waals surface area contributed by atoms with E-state index in [2.05, 4.69) is 10.2 Å². The number of rotatable bonds is 2. The van der Waals surface area contributed by atoms with Gasteiger partial charge in [0.05, 0.1) is 0 Å². The zero-order valence-corrected chi connectivity index (χ0v) is 10.5. The van der Waals surface area contributed by atoms with Crippen molar-refractivity contribution in [3.05, 3.63) is 0 Å². The molecule has 2 nitrogen and oxygen atoms in total. The third kappa shape index (κ3) is 2.43. The predicted molar refractivity (Wildman–Crippen MR) is 67.5 cm³/mol. The largest absolute Gasteiger partial charge is 0.313 e. The van der Waals surface area contributed by atoms with Gasteiger partial charge in [-0.25, -0.2) is 0 Å². The van der Waals surface area contributed by atoms with Gasteiger partial charge in [0.1, 0.15) is 0 Å².